The molecule has 0 saturated carbocycles. The highest BCUT2D eigenvalue weighted by Gasteiger charge is 2.10. The molecule has 0 radical (unpaired) electrons. The summed E-state index contributed by atoms with van der Waals surface area (Å²) < 4.78 is 0. The number of unbranched alkanes of at least 4 members (excludes halogenated alkanes) is 5. The van der Waals surface area contributed by atoms with Crippen molar-refractivity contribution < 1.29 is 19.8 Å². The van der Waals surface area contributed by atoms with Crippen LogP contribution in [0.5, 0.6) is 5.75 Å². The van der Waals surface area contributed by atoms with Crippen LogP contribution in [0.15, 0.2) is 24.3 Å². The lowest BCUT2D eigenvalue weighted by atomic mass is 10.0. The molecule has 1 rings (SSSR count). The molecule has 0 fully saturated rings. The van der Waals surface area contributed by atoms with E-state index in [4.69, 9.17) is 10.8 Å². The molecule has 0 saturated heterocycles. The smallest absolute Gasteiger partial charge is 0.320 e. The number of nitrogens with two attached hydrogens (primary N) is 1. The molecule has 0 heterocycles. The van der Waals surface area contributed by atoms with Crippen molar-refractivity contribution in [3.8, 4) is 5.75 Å². The summed E-state index contributed by atoms with van der Waals surface area (Å²) in [6.45, 7) is 0. The van der Waals surface area contributed by atoms with Gasteiger partial charge in [-0.05, 0) is 25.0 Å². The van der Waals surface area contributed by atoms with Crippen LogP contribution in [0.3, 0.4) is 0 Å². The van der Waals surface area contributed by atoms with Gasteiger partial charge in [0.15, 0.2) is 5.78 Å². The van der Waals surface area contributed by atoms with Gasteiger partial charge in [0.05, 0.1) is 5.56 Å². The van der Waals surface area contributed by atoms with Crippen molar-refractivity contribution in [1.82, 2.24) is 0 Å². The second-order valence-electron chi connectivity index (χ2n) is 5.55. The third-order valence-electron chi connectivity index (χ3n) is 3.69. The fourth-order valence-corrected chi connectivity index (χ4v) is 2.32. The molecule has 0 amide bonds. The van der Waals surface area contributed by atoms with Gasteiger partial charge >= 0.3 is 5.97 Å². The largest absolute Gasteiger partial charge is 0.507 e. The number of Topliss-reactive ketones (excluding diaryl/α,β-unsaturated/α-hetero) is 1. The normalized spacial score (nSPS) is 12.0. The summed E-state index contributed by atoms with van der Waals surface area (Å²) in [6.07, 6.45) is 6.57. The Labute approximate surface area is 131 Å². The summed E-state index contributed by atoms with van der Waals surface area (Å²) in [5.41, 5.74) is 5.82. The maximum atomic E-state index is 11.9. The number of carbonyl (C=O) groups excluding carboxylic acids is 1. The highest BCUT2D eigenvalue weighted by Crippen LogP contribution is 2.19. The first kappa shape index (κ1) is 18.2. The van der Waals surface area contributed by atoms with Gasteiger partial charge in [-0.3, -0.25) is 9.59 Å². The quantitative estimate of drug-likeness (QED) is 0.431. The predicted molar refractivity (Wildman–Crippen MR) is 85.0 cm³/mol. The van der Waals surface area contributed by atoms with Crippen LogP contribution in [0.4, 0.5) is 0 Å². The van der Waals surface area contributed by atoms with Crippen LogP contribution in [0.1, 0.15) is 61.7 Å². The summed E-state index contributed by atoms with van der Waals surface area (Å²) in [7, 11) is 0. The Morgan fingerprint density at radius 1 is 1.00 bits per heavy atom. The van der Waals surface area contributed by atoms with Crippen LogP contribution < -0.4 is 5.73 Å². The van der Waals surface area contributed by atoms with E-state index >= 15 is 0 Å². The van der Waals surface area contributed by atoms with E-state index in [1.54, 1.807) is 18.2 Å². The molecule has 0 aliphatic rings. The molecule has 1 unspecified atom stereocenters. The van der Waals surface area contributed by atoms with Crippen LogP contribution in [0, 0.1) is 0 Å². The van der Waals surface area contributed by atoms with Crippen LogP contribution in [-0.2, 0) is 4.79 Å². The fourth-order valence-electron chi connectivity index (χ4n) is 2.32. The number of phenols is 1. The fraction of sp³-hybridized carbons (Fsp3) is 0.529. The van der Waals surface area contributed by atoms with Gasteiger partial charge in [-0.1, -0.05) is 44.2 Å². The first-order chi connectivity index (χ1) is 10.5. The van der Waals surface area contributed by atoms with Crippen molar-refractivity contribution in [2.75, 3.05) is 0 Å². The maximum Gasteiger partial charge on any atom is 0.320 e. The van der Waals surface area contributed by atoms with Crippen molar-refractivity contribution >= 4 is 11.8 Å². The lowest BCUT2D eigenvalue weighted by molar-refractivity contribution is -0.138. The number of hydrogen-bond donors (Lipinski definition) is 3. The van der Waals surface area contributed by atoms with E-state index in [0.717, 1.165) is 38.5 Å². The van der Waals surface area contributed by atoms with Gasteiger partial charge in [0.25, 0.3) is 0 Å². The standard InChI is InChI=1S/C17H25NO4/c18-14(17(21)22)10-5-3-1-2-4-6-11-15(19)13-9-7-8-12-16(13)20/h7-9,12,14,20H,1-6,10-11,18H2,(H,21,22). The molecule has 4 N–H and O–H groups in total. The third-order valence-corrected chi connectivity index (χ3v) is 3.69. The highest BCUT2D eigenvalue weighted by molar-refractivity contribution is 5.98. The van der Waals surface area contributed by atoms with E-state index in [9.17, 15) is 14.7 Å². The van der Waals surface area contributed by atoms with Crippen molar-refractivity contribution in [2.45, 2.75) is 57.4 Å². The Bertz CT molecular complexity index is 487. The predicted octanol–water partition coefficient (Wildman–Crippen LogP) is 3.11. The van der Waals surface area contributed by atoms with Crippen LogP contribution >= 0.6 is 0 Å². The Balaban J connectivity index is 2.05. The lowest BCUT2D eigenvalue weighted by Gasteiger charge is -2.06. The van der Waals surface area contributed by atoms with Crippen molar-refractivity contribution in [3.05, 3.63) is 29.8 Å². The molecular formula is C17H25NO4. The number of para-hydroxylation sites is 1. The molecular weight excluding hydrogens is 282 g/mol. The Morgan fingerprint density at radius 3 is 2.23 bits per heavy atom. The van der Waals surface area contributed by atoms with Gasteiger partial charge in [-0.15, -0.1) is 0 Å². The van der Waals surface area contributed by atoms with Gasteiger partial charge in [-0.25, -0.2) is 0 Å². The molecule has 22 heavy (non-hydrogen) atoms. The van der Waals surface area contributed by atoms with E-state index in [1.165, 1.54) is 6.07 Å². The molecule has 0 aromatic heterocycles. The summed E-state index contributed by atoms with van der Waals surface area (Å²) >= 11 is 0. The molecule has 0 aliphatic heterocycles. The number of aliphatic carboxylic acids is 1. The Hall–Kier alpha value is -1.88. The summed E-state index contributed by atoms with van der Waals surface area (Å²) in [5.74, 6) is -0.921. The van der Waals surface area contributed by atoms with Gasteiger partial charge in [0, 0.05) is 6.42 Å². The minimum Gasteiger partial charge on any atom is -0.507 e. The molecule has 122 valence electrons. The molecule has 1 aromatic rings. The summed E-state index contributed by atoms with van der Waals surface area (Å²) in [6, 6.07) is 5.85. The SMILES string of the molecule is NC(CCCCCCCCC(=O)c1ccccc1O)C(=O)O. The van der Waals surface area contributed by atoms with Crippen LogP contribution in [0.25, 0.3) is 0 Å². The van der Waals surface area contributed by atoms with E-state index in [2.05, 4.69) is 0 Å². The molecule has 5 heteroatoms. The average Bonchev–Trinajstić information content (AvgIpc) is 2.49. The number of hydrogen-bond acceptors (Lipinski definition) is 4. The zero-order chi connectivity index (χ0) is 16.4. The monoisotopic (exact) mass is 307 g/mol. The van der Waals surface area contributed by atoms with E-state index in [-0.39, 0.29) is 11.5 Å². The summed E-state index contributed by atoms with van der Waals surface area (Å²) in [4.78, 5) is 22.4. The zero-order valence-electron chi connectivity index (χ0n) is 12.8. The van der Waals surface area contributed by atoms with E-state index < -0.39 is 12.0 Å². The first-order valence-corrected chi connectivity index (χ1v) is 7.82. The van der Waals surface area contributed by atoms with Crippen LogP contribution in [-0.4, -0.2) is 28.0 Å². The third kappa shape index (κ3) is 6.72. The van der Waals surface area contributed by atoms with Gasteiger partial charge in [0.1, 0.15) is 11.8 Å². The van der Waals surface area contributed by atoms with Gasteiger partial charge in [-0.2, -0.15) is 0 Å². The number of carboxylic acids is 1. The molecule has 1 atom stereocenters. The van der Waals surface area contributed by atoms with Gasteiger partial charge < -0.3 is 15.9 Å². The van der Waals surface area contributed by atoms with Gasteiger partial charge in [0.2, 0.25) is 0 Å². The first-order valence-electron chi connectivity index (χ1n) is 7.82. The van der Waals surface area contributed by atoms with Crippen molar-refractivity contribution in [1.29, 1.82) is 0 Å². The highest BCUT2D eigenvalue weighted by atomic mass is 16.4. The topological polar surface area (TPSA) is 101 Å². The second-order valence-corrected chi connectivity index (χ2v) is 5.55. The Morgan fingerprint density at radius 2 is 1.59 bits per heavy atom. The average molecular weight is 307 g/mol. The van der Waals surface area contributed by atoms with E-state index in [1.807, 2.05) is 0 Å². The molecule has 0 aliphatic carbocycles. The summed E-state index contributed by atoms with van der Waals surface area (Å²) in [5, 5.41) is 18.2. The molecule has 1 aromatic carbocycles. The van der Waals surface area contributed by atoms with Crippen LogP contribution in [0.2, 0.25) is 0 Å². The number of carboxylic acid groups (broad SMARTS) is 1. The number of phenolic OH excluding ortho intramolecular Hbond substituents is 1. The number of carbonyl (C=O) groups is 2. The number of aromatic hydroxyl groups is 1. The lowest BCUT2D eigenvalue weighted by Crippen LogP contribution is -2.29. The molecule has 0 bridgehead atoms. The number of rotatable bonds is 11. The maximum absolute atomic E-state index is 11.9. The minimum atomic E-state index is -0.942. The molecule has 5 nitrogen and oxygen atoms in total. The second kappa shape index (κ2) is 9.95. The molecule has 0 spiro atoms. The Kier molecular flexibility index (Phi) is 8.22. The zero-order valence-corrected chi connectivity index (χ0v) is 12.8. The number of ketones is 1. The van der Waals surface area contributed by atoms with Crippen molar-refractivity contribution in [2.24, 2.45) is 5.73 Å². The van der Waals surface area contributed by atoms with E-state index in [0.29, 0.717) is 18.4 Å². The van der Waals surface area contributed by atoms with Crippen molar-refractivity contribution in [3.63, 3.8) is 0 Å². The number of benzene rings is 1. The minimum absolute atomic E-state index is 0.0227.